The lowest BCUT2D eigenvalue weighted by molar-refractivity contribution is 0.324. The maximum absolute atomic E-state index is 3.74. The van der Waals surface area contributed by atoms with Gasteiger partial charge in [-0.15, -0.1) is 0 Å². The van der Waals surface area contributed by atoms with Gasteiger partial charge < -0.3 is 5.32 Å². The molecule has 1 fully saturated rings. The molecule has 1 heteroatoms. The molecule has 0 amide bonds. The summed E-state index contributed by atoms with van der Waals surface area (Å²) in [4.78, 5) is 0. The zero-order valence-electron chi connectivity index (χ0n) is 10.3. The van der Waals surface area contributed by atoms with Gasteiger partial charge in [0.15, 0.2) is 0 Å². The van der Waals surface area contributed by atoms with E-state index >= 15 is 0 Å². The maximum atomic E-state index is 3.74. The molecule has 0 aromatic carbocycles. The van der Waals surface area contributed by atoms with Crippen molar-refractivity contribution < 1.29 is 0 Å². The molecule has 1 aliphatic rings. The zero-order chi connectivity index (χ0) is 10.6. The van der Waals surface area contributed by atoms with Crippen LogP contribution >= 0.6 is 0 Å². The third-order valence-corrected chi connectivity index (χ3v) is 3.93. The summed E-state index contributed by atoms with van der Waals surface area (Å²) in [5, 5.41) is 3.74. The first-order chi connectivity index (χ1) is 6.65. The lowest BCUT2D eigenvalue weighted by atomic mass is 9.96. The van der Waals surface area contributed by atoms with Gasteiger partial charge in [0.25, 0.3) is 0 Å². The van der Waals surface area contributed by atoms with Gasteiger partial charge in [-0.3, -0.25) is 0 Å². The predicted octanol–water partition coefficient (Wildman–Crippen LogP) is 3.45. The highest BCUT2D eigenvalue weighted by Gasteiger charge is 2.23. The summed E-state index contributed by atoms with van der Waals surface area (Å²) in [5.74, 6) is 2.67. The highest BCUT2D eigenvalue weighted by molar-refractivity contribution is 4.78. The van der Waals surface area contributed by atoms with Crippen molar-refractivity contribution in [1.29, 1.82) is 0 Å². The van der Waals surface area contributed by atoms with Crippen LogP contribution in [0.15, 0.2) is 0 Å². The first-order valence-electron chi connectivity index (χ1n) is 6.38. The second-order valence-electron chi connectivity index (χ2n) is 5.34. The van der Waals surface area contributed by atoms with Crippen molar-refractivity contribution in [2.75, 3.05) is 6.54 Å². The number of hydrogen-bond donors (Lipinski definition) is 1. The molecule has 0 aromatic rings. The minimum absolute atomic E-state index is 0.725. The Kier molecular flexibility index (Phi) is 4.94. The number of hydrogen-bond acceptors (Lipinski definition) is 1. The van der Waals surface area contributed by atoms with Crippen LogP contribution in [0, 0.1) is 17.8 Å². The molecule has 3 atom stereocenters. The highest BCUT2D eigenvalue weighted by Crippen LogP contribution is 2.30. The van der Waals surface area contributed by atoms with Crippen LogP contribution in [-0.4, -0.2) is 12.6 Å². The Balaban J connectivity index is 2.24. The molecule has 0 aromatic heterocycles. The summed E-state index contributed by atoms with van der Waals surface area (Å²) in [7, 11) is 0. The van der Waals surface area contributed by atoms with Gasteiger partial charge in [-0.2, -0.15) is 0 Å². The van der Waals surface area contributed by atoms with E-state index in [1.54, 1.807) is 0 Å². The molecule has 1 rings (SSSR count). The molecule has 14 heavy (non-hydrogen) atoms. The van der Waals surface area contributed by atoms with Crippen LogP contribution < -0.4 is 5.32 Å². The summed E-state index contributed by atoms with van der Waals surface area (Å²) in [6.07, 6.45) is 5.61. The standard InChI is InChI=1S/C13H27N/c1-5-13(10(2)3)14-9-12-8-6-7-11(12)4/h10-14H,5-9H2,1-4H3. The average molecular weight is 197 g/mol. The van der Waals surface area contributed by atoms with E-state index in [4.69, 9.17) is 0 Å². The molecule has 1 nitrogen and oxygen atoms in total. The Morgan fingerprint density at radius 3 is 2.43 bits per heavy atom. The van der Waals surface area contributed by atoms with Crippen LogP contribution in [0.2, 0.25) is 0 Å². The maximum Gasteiger partial charge on any atom is 0.00875 e. The monoisotopic (exact) mass is 197 g/mol. The van der Waals surface area contributed by atoms with Crippen LogP contribution in [0.25, 0.3) is 0 Å². The normalized spacial score (nSPS) is 29.8. The van der Waals surface area contributed by atoms with Crippen LogP contribution in [0.3, 0.4) is 0 Å². The van der Waals surface area contributed by atoms with Gasteiger partial charge in [-0.1, -0.05) is 40.5 Å². The van der Waals surface area contributed by atoms with Crippen molar-refractivity contribution in [3.05, 3.63) is 0 Å². The van der Waals surface area contributed by atoms with Gasteiger partial charge >= 0.3 is 0 Å². The van der Waals surface area contributed by atoms with E-state index in [0.717, 1.165) is 23.8 Å². The van der Waals surface area contributed by atoms with Crippen molar-refractivity contribution >= 4 is 0 Å². The van der Waals surface area contributed by atoms with Gasteiger partial charge in [0, 0.05) is 6.04 Å². The molecular weight excluding hydrogens is 170 g/mol. The molecule has 0 heterocycles. The predicted molar refractivity (Wildman–Crippen MR) is 63.4 cm³/mol. The van der Waals surface area contributed by atoms with E-state index < -0.39 is 0 Å². The van der Waals surface area contributed by atoms with E-state index in [2.05, 4.69) is 33.0 Å². The molecule has 0 bridgehead atoms. The SMILES string of the molecule is CCC(NCC1CCCC1C)C(C)C. The van der Waals surface area contributed by atoms with Gasteiger partial charge in [0.05, 0.1) is 0 Å². The summed E-state index contributed by atoms with van der Waals surface area (Å²) in [6, 6.07) is 0.725. The van der Waals surface area contributed by atoms with Crippen LogP contribution in [0.1, 0.15) is 53.4 Å². The van der Waals surface area contributed by atoms with Crippen molar-refractivity contribution in [3.8, 4) is 0 Å². The second kappa shape index (κ2) is 5.75. The van der Waals surface area contributed by atoms with Gasteiger partial charge in [0.2, 0.25) is 0 Å². The molecule has 84 valence electrons. The first kappa shape index (κ1) is 12.0. The minimum atomic E-state index is 0.725. The third-order valence-electron chi connectivity index (χ3n) is 3.93. The summed E-state index contributed by atoms with van der Waals surface area (Å²) >= 11 is 0. The Bertz CT molecular complexity index is 151. The fraction of sp³-hybridized carbons (Fsp3) is 1.00. The van der Waals surface area contributed by atoms with Crippen molar-refractivity contribution in [2.24, 2.45) is 17.8 Å². The smallest absolute Gasteiger partial charge is 0.00875 e. The average Bonchev–Trinajstić information content (AvgIpc) is 2.52. The summed E-state index contributed by atoms with van der Waals surface area (Å²) < 4.78 is 0. The molecule has 0 saturated heterocycles. The fourth-order valence-electron chi connectivity index (χ4n) is 2.68. The van der Waals surface area contributed by atoms with Gasteiger partial charge in [0.1, 0.15) is 0 Å². The first-order valence-corrected chi connectivity index (χ1v) is 6.38. The van der Waals surface area contributed by atoms with E-state index in [1.165, 1.54) is 32.2 Å². The zero-order valence-corrected chi connectivity index (χ0v) is 10.3. The van der Waals surface area contributed by atoms with Crippen LogP contribution in [0.4, 0.5) is 0 Å². The topological polar surface area (TPSA) is 12.0 Å². The second-order valence-corrected chi connectivity index (χ2v) is 5.34. The summed E-state index contributed by atoms with van der Waals surface area (Å²) in [5.41, 5.74) is 0. The largest absolute Gasteiger partial charge is 0.313 e. The Hall–Kier alpha value is -0.0400. The van der Waals surface area contributed by atoms with E-state index in [-0.39, 0.29) is 0 Å². The lowest BCUT2D eigenvalue weighted by Gasteiger charge is -2.24. The van der Waals surface area contributed by atoms with Crippen molar-refractivity contribution in [3.63, 3.8) is 0 Å². The van der Waals surface area contributed by atoms with E-state index in [9.17, 15) is 0 Å². The summed E-state index contributed by atoms with van der Waals surface area (Å²) in [6.45, 7) is 10.6. The van der Waals surface area contributed by atoms with Crippen molar-refractivity contribution in [1.82, 2.24) is 5.32 Å². The van der Waals surface area contributed by atoms with E-state index in [0.29, 0.717) is 0 Å². The fourth-order valence-corrected chi connectivity index (χ4v) is 2.68. The Morgan fingerprint density at radius 1 is 1.29 bits per heavy atom. The quantitative estimate of drug-likeness (QED) is 0.712. The third kappa shape index (κ3) is 3.27. The molecule has 1 aliphatic carbocycles. The molecule has 1 saturated carbocycles. The Labute approximate surface area is 89.7 Å². The van der Waals surface area contributed by atoms with Crippen molar-refractivity contribution in [2.45, 2.75) is 59.4 Å². The van der Waals surface area contributed by atoms with Crippen LogP contribution in [0.5, 0.6) is 0 Å². The van der Waals surface area contributed by atoms with E-state index in [1.807, 2.05) is 0 Å². The molecular formula is C13H27N. The lowest BCUT2D eigenvalue weighted by Crippen LogP contribution is -2.37. The number of nitrogens with one attached hydrogen (secondary N) is 1. The molecule has 0 spiro atoms. The number of rotatable bonds is 5. The van der Waals surface area contributed by atoms with Gasteiger partial charge in [-0.05, 0) is 37.1 Å². The molecule has 1 N–H and O–H groups in total. The highest BCUT2D eigenvalue weighted by atomic mass is 14.9. The minimum Gasteiger partial charge on any atom is -0.313 e. The Morgan fingerprint density at radius 2 is 2.00 bits per heavy atom. The molecule has 0 radical (unpaired) electrons. The van der Waals surface area contributed by atoms with Gasteiger partial charge in [-0.25, -0.2) is 0 Å². The molecule has 0 aliphatic heterocycles. The molecule has 3 unspecified atom stereocenters. The van der Waals surface area contributed by atoms with Crippen LogP contribution in [-0.2, 0) is 0 Å².